The molecule has 0 atom stereocenters. The Morgan fingerprint density at radius 2 is 1.74 bits per heavy atom. The molecule has 0 spiro atoms. The van der Waals surface area contributed by atoms with E-state index in [-0.39, 0.29) is 16.6 Å². The molecule has 0 radical (unpaired) electrons. The molecule has 7 heteroatoms. The number of hydrogen-bond donors (Lipinski definition) is 1. The summed E-state index contributed by atoms with van der Waals surface area (Å²) in [5.41, 5.74) is 1.04. The van der Waals surface area contributed by atoms with E-state index >= 15 is 0 Å². The van der Waals surface area contributed by atoms with E-state index in [2.05, 4.69) is 15.9 Å². The maximum Gasteiger partial charge on any atom is 0.307 e. The fraction of sp³-hybridized carbons (Fsp3) is 0.312. The number of anilines is 1. The second-order valence-electron chi connectivity index (χ2n) is 5.58. The zero-order valence-corrected chi connectivity index (χ0v) is 13.7. The van der Waals surface area contributed by atoms with Crippen molar-refractivity contribution >= 4 is 39.4 Å². The number of carbonyl (C=O) groups excluding carboxylic acids is 2. The number of benzene rings is 1. The van der Waals surface area contributed by atoms with Crippen LogP contribution >= 0.6 is 15.9 Å². The lowest BCUT2D eigenvalue weighted by Gasteiger charge is -2.17. The van der Waals surface area contributed by atoms with Gasteiger partial charge in [-0.15, -0.1) is 0 Å². The fourth-order valence-corrected chi connectivity index (χ4v) is 3.46. The van der Waals surface area contributed by atoms with Gasteiger partial charge in [0.1, 0.15) is 5.82 Å². The number of carboxylic acid groups (broad SMARTS) is 1. The molecule has 1 aliphatic carbocycles. The third-order valence-electron chi connectivity index (χ3n) is 4.09. The van der Waals surface area contributed by atoms with Gasteiger partial charge in [-0.25, -0.2) is 9.29 Å². The van der Waals surface area contributed by atoms with Gasteiger partial charge >= 0.3 is 5.97 Å². The summed E-state index contributed by atoms with van der Waals surface area (Å²) in [4.78, 5) is 36.7. The first kappa shape index (κ1) is 15.9. The number of halogens is 2. The Balaban J connectivity index is 2.04. The lowest BCUT2D eigenvalue weighted by molar-refractivity contribution is -0.136. The SMILES string of the molecule is O=C(O)Cc1cc(N2C(=O)C3=C(CCCC3)C2=O)c(F)cc1Br. The minimum absolute atomic E-state index is 0.186. The molecule has 3 rings (SSSR count). The normalized spacial score (nSPS) is 17.7. The molecule has 1 N–H and O–H groups in total. The van der Waals surface area contributed by atoms with Crippen molar-refractivity contribution in [2.45, 2.75) is 32.1 Å². The van der Waals surface area contributed by atoms with Gasteiger partial charge in [0.15, 0.2) is 0 Å². The van der Waals surface area contributed by atoms with E-state index in [0.717, 1.165) is 23.8 Å². The third-order valence-corrected chi connectivity index (χ3v) is 4.83. The zero-order valence-electron chi connectivity index (χ0n) is 12.1. The molecule has 23 heavy (non-hydrogen) atoms. The first-order valence-corrected chi connectivity index (χ1v) is 8.00. The van der Waals surface area contributed by atoms with Gasteiger partial charge in [-0.2, -0.15) is 0 Å². The average Bonchev–Trinajstić information content (AvgIpc) is 2.74. The number of imide groups is 1. The highest BCUT2D eigenvalue weighted by Gasteiger charge is 2.40. The first-order chi connectivity index (χ1) is 10.9. The molecule has 5 nitrogen and oxygen atoms in total. The number of carbonyl (C=O) groups is 3. The third kappa shape index (κ3) is 2.69. The van der Waals surface area contributed by atoms with Gasteiger partial charge in [0.25, 0.3) is 11.8 Å². The molecule has 0 unspecified atom stereocenters. The highest BCUT2D eigenvalue weighted by Crippen LogP contribution is 2.37. The van der Waals surface area contributed by atoms with E-state index in [1.807, 2.05) is 0 Å². The number of aliphatic carboxylic acids is 1. The van der Waals surface area contributed by atoms with Crippen LogP contribution in [-0.4, -0.2) is 22.9 Å². The van der Waals surface area contributed by atoms with Crippen molar-refractivity contribution in [3.05, 3.63) is 39.1 Å². The maximum absolute atomic E-state index is 14.3. The van der Waals surface area contributed by atoms with Crippen molar-refractivity contribution in [2.75, 3.05) is 4.90 Å². The summed E-state index contributed by atoms with van der Waals surface area (Å²) in [7, 11) is 0. The summed E-state index contributed by atoms with van der Waals surface area (Å²) in [6.07, 6.45) is 2.38. The molecule has 0 bridgehead atoms. The Kier molecular flexibility index (Phi) is 4.06. The van der Waals surface area contributed by atoms with Crippen LogP contribution in [0.2, 0.25) is 0 Å². The molecule has 1 heterocycles. The molecule has 120 valence electrons. The van der Waals surface area contributed by atoms with Crippen LogP contribution in [0, 0.1) is 5.82 Å². The predicted octanol–water partition coefficient (Wildman–Crippen LogP) is 2.96. The summed E-state index contributed by atoms with van der Waals surface area (Å²) in [6, 6.07) is 2.34. The summed E-state index contributed by atoms with van der Waals surface area (Å²) >= 11 is 3.11. The molecule has 0 saturated carbocycles. The smallest absolute Gasteiger partial charge is 0.307 e. The maximum atomic E-state index is 14.3. The van der Waals surface area contributed by atoms with Crippen LogP contribution in [-0.2, 0) is 20.8 Å². The highest BCUT2D eigenvalue weighted by molar-refractivity contribution is 9.10. The first-order valence-electron chi connectivity index (χ1n) is 7.20. The van der Waals surface area contributed by atoms with Gasteiger partial charge < -0.3 is 5.11 Å². The second-order valence-corrected chi connectivity index (χ2v) is 6.43. The summed E-state index contributed by atoms with van der Waals surface area (Å²) in [5, 5.41) is 8.92. The Hall–Kier alpha value is -2.02. The van der Waals surface area contributed by atoms with Crippen LogP contribution in [0.1, 0.15) is 31.2 Å². The number of amides is 2. The molecule has 2 amide bonds. The molecule has 0 saturated heterocycles. The van der Waals surface area contributed by atoms with Gasteiger partial charge in [-0.3, -0.25) is 14.4 Å². The van der Waals surface area contributed by atoms with Crippen LogP contribution in [0.5, 0.6) is 0 Å². The Morgan fingerprint density at radius 3 is 2.26 bits per heavy atom. The summed E-state index contributed by atoms with van der Waals surface area (Å²) in [5.74, 6) is -2.81. The van der Waals surface area contributed by atoms with Gasteiger partial charge in [-0.1, -0.05) is 15.9 Å². The molecular weight excluding hydrogens is 369 g/mol. The highest BCUT2D eigenvalue weighted by atomic mass is 79.9. The van der Waals surface area contributed by atoms with Crippen LogP contribution in [0.3, 0.4) is 0 Å². The molecule has 0 fully saturated rings. The van der Waals surface area contributed by atoms with Gasteiger partial charge in [0, 0.05) is 15.6 Å². The van der Waals surface area contributed by atoms with Gasteiger partial charge in [0.2, 0.25) is 0 Å². The van der Waals surface area contributed by atoms with Crippen LogP contribution in [0.25, 0.3) is 0 Å². The van der Waals surface area contributed by atoms with E-state index in [9.17, 15) is 18.8 Å². The van der Waals surface area contributed by atoms with Crippen molar-refractivity contribution in [3.8, 4) is 0 Å². The minimum atomic E-state index is -1.08. The molecule has 1 aromatic rings. The lowest BCUT2D eigenvalue weighted by Crippen LogP contribution is -2.32. The summed E-state index contributed by atoms with van der Waals surface area (Å²) in [6.45, 7) is 0. The number of rotatable bonds is 3. The lowest BCUT2D eigenvalue weighted by atomic mass is 9.93. The largest absolute Gasteiger partial charge is 0.481 e. The number of nitrogens with zero attached hydrogens (tertiary/aromatic N) is 1. The fourth-order valence-electron chi connectivity index (χ4n) is 3.01. The van der Waals surface area contributed by atoms with Crippen molar-refractivity contribution in [1.29, 1.82) is 0 Å². The molecule has 0 aromatic heterocycles. The van der Waals surface area contributed by atoms with Gasteiger partial charge in [0.05, 0.1) is 12.1 Å². The second kappa shape index (κ2) is 5.88. The van der Waals surface area contributed by atoms with Crippen molar-refractivity contribution in [3.63, 3.8) is 0 Å². The molecular formula is C16H13BrFNO4. The standard InChI is InChI=1S/C16H13BrFNO4/c17-11-7-12(18)13(5-8(11)6-14(20)21)19-15(22)9-3-1-2-4-10(9)16(19)23/h5,7H,1-4,6H2,(H,20,21). The van der Waals surface area contributed by atoms with Crippen LogP contribution in [0.4, 0.5) is 10.1 Å². The van der Waals surface area contributed by atoms with E-state index in [0.29, 0.717) is 29.6 Å². The molecule has 1 aromatic carbocycles. The average molecular weight is 382 g/mol. The summed E-state index contributed by atoms with van der Waals surface area (Å²) < 4.78 is 14.6. The predicted molar refractivity (Wildman–Crippen MR) is 83.4 cm³/mol. The van der Waals surface area contributed by atoms with E-state index in [4.69, 9.17) is 5.11 Å². The topological polar surface area (TPSA) is 74.7 Å². The number of carboxylic acids is 1. The number of hydrogen-bond acceptors (Lipinski definition) is 3. The van der Waals surface area contributed by atoms with E-state index < -0.39 is 23.6 Å². The van der Waals surface area contributed by atoms with Crippen molar-refractivity contribution in [1.82, 2.24) is 0 Å². The van der Waals surface area contributed by atoms with E-state index in [1.165, 1.54) is 6.07 Å². The van der Waals surface area contributed by atoms with Crippen LogP contribution in [0.15, 0.2) is 27.8 Å². The minimum Gasteiger partial charge on any atom is -0.481 e. The Bertz CT molecular complexity index is 744. The molecule has 1 aliphatic heterocycles. The Morgan fingerprint density at radius 1 is 1.17 bits per heavy atom. The Labute approximate surface area is 139 Å². The van der Waals surface area contributed by atoms with E-state index in [1.54, 1.807) is 0 Å². The van der Waals surface area contributed by atoms with Crippen LogP contribution < -0.4 is 4.90 Å². The monoisotopic (exact) mass is 381 g/mol. The zero-order chi connectivity index (χ0) is 16.7. The van der Waals surface area contributed by atoms with Crippen molar-refractivity contribution < 1.29 is 23.9 Å². The molecule has 2 aliphatic rings. The van der Waals surface area contributed by atoms with Gasteiger partial charge in [-0.05, 0) is 43.4 Å². The quantitative estimate of drug-likeness (QED) is 0.816. The van der Waals surface area contributed by atoms with Crippen molar-refractivity contribution in [2.24, 2.45) is 0 Å².